The number of pyridine rings is 1. The number of hydrogen-bond acceptors (Lipinski definition) is 5. The summed E-state index contributed by atoms with van der Waals surface area (Å²) in [6.45, 7) is 5.95. The highest BCUT2D eigenvalue weighted by atomic mass is 19.4. The van der Waals surface area contributed by atoms with Crippen LogP contribution in [0.25, 0.3) is 11.3 Å². The second-order valence-corrected chi connectivity index (χ2v) is 7.27. The molecule has 3 aromatic rings. The molecule has 0 aliphatic rings. The van der Waals surface area contributed by atoms with Gasteiger partial charge in [0.2, 0.25) is 5.95 Å². The van der Waals surface area contributed by atoms with Crippen LogP contribution in [-0.4, -0.2) is 20.5 Å². The predicted octanol–water partition coefficient (Wildman–Crippen LogP) is 5.51. The van der Waals surface area contributed by atoms with Gasteiger partial charge in [0.1, 0.15) is 5.82 Å². The van der Waals surface area contributed by atoms with E-state index < -0.39 is 11.7 Å². The van der Waals surface area contributed by atoms with Crippen molar-refractivity contribution < 1.29 is 13.2 Å². The van der Waals surface area contributed by atoms with Crippen molar-refractivity contribution in [3.05, 3.63) is 60.4 Å². The predicted molar refractivity (Wildman–Crippen MR) is 103 cm³/mol. The molecule has 2 N–H and O–H groups in total. The molecule has 146 valence electrons. The largest absolute Gasteiger partial charge is 0.416 e. The summed E-state index contributed by atoms with van der Waals surface area (Å²) < 4.78 is 38.2. The molecule has 2 heterocycles. The molecule has 2 aromatic heterocycles. The van der Waals surface area contributed by atoms with Crippen LogP contribution in [-0.2, 0) is 6.18 Å². The van der Waals surface area contributed by atoms with E-state index >= 15 is 0 Å². The van der Waals surface area contributed by atoms with Crippen LogP contribution in [0.2, 0.25) is 0 Å². The normalized spacial score (nSPS) is 11.9. The lowest BCUT2D eigenvalue weighted by atomic mass is 10.1. The molecule has 0 fully saturated rings. The van der Waals surface area contributed by atoms with Crippen molar-refractivity contribution in [3.63, 3.8) is 0 Å². The standard InChI is InChI=1S/C20H20F3N5/c1-19(2,3)28-18-26-16(13-8-10-24-11-9-13)12-17(27-18)25-15-6-4-14(5-7-15)20(21,22)23/h4-12H,1-3H3,(H2,25,26,27,28). The van der Waals surface area contributed by atoms with Crippen LogP contribution in [0.5, 0.6) is 0 Å². The van der Waals surface area contributed by atoms with Crippen molar-refractivity contribution in [2.24, 2.45) is 0 Å². The van der Waals surface area contributed by atoms with E-state index in [0.717, 1.165) is 17.7 Å². The number of alkyl halides is 3. The Morgan fingerprint density at radius 2 is 1.50 bits per heavy atom. The van der Waals surface area contributed by atoms with E-state index in [4.69, 9.17) is 0 Å². The Balaban J connectivity index is 1.94. The highest BCUT2D eigenvalue weighted by molar-refractivity contribution is 5.67. The van der Waals surface area contributed by atoms with Crippen LogP contribution in [0, 0.1) is 0 Å². The molecule has 0 aliphatic heterocycles. The summed E-state index contributed by atoms with van der Waals surface area (Å²) in [7, 11) is 0. The van der Waals surface area contributed by atoms with Gasteiger partial charge in [0, 0.05) is 35.2 Å². The molecule has 0 atom stereocenters. The minimum absolute atomic E-state index is 0.261. The maximum Gasteiger partial charge on any atom is 0.416 e. The van der Waals surface area contributed by atoms with Crippen LogP contribution in [0.3, 0.4) is 0 Å². The average molecular weight is 387 g/mol. The Labute approximate surface area is 161 Å². The monoisotopic (exact) mass is 387 g/mol. The van der Waals surface area contributed by atoms with Gasteiger partial charge in [0.05, 0.1) is 11.3 Å². The zero-order chi connectivity index (χ0) is 20.4. The molecule has 0 bridgehead atoms. The SMILES string of the molecule is CC(C)(C)Nc1nc(Nc2ccc(C(F)(F)F)cc2)cc(-c2ccncc2)n1. The second kappa shape index (κ2) is 7.46. The minimum atomic E-state index is -4.37. The number of halogens is 3. The van der Waals surface area contributed by atoms with Crippen molar-refractivity contribution in [2.75, 3.05) is 10.6 Å². The number of nitrogens with zero attached hydrogens (tertiary/aromatic N) is 3. The number of nitrogens with one attached hydrogen (secondary N) is 2. The van der Waals surface area contributed by atoms with Crippen molar-refractivity contribution in [2.45, 2.75) is 32.5 Å². The third kappa shape index (κ3) is 5.18. The lowest BCUT2D eigenvalue weighted by Gasteiger charge is -2.21. The average Bonchev–Trinajstić information content (AvgIpc) is 2.60. The first kappa shape index (κ1) is 19.6. The smallest absolute Gasteiger partial charge is 0.350 e. The van der Waals surface area contributed by atoms with E-state index in [0.29, 0.717) is 23.1 Å². The Morgan fingerprint density at radius 1 is 0.857 bits per heavy atom. The minimum Gasteiger partial charge on any atom is -0.350 e. The Bertz CT molecular complexity index is 933. The van der Waals surface area contributed by atoms with Gasteiger partial charge in [-0.15, -0.1) is 0 Å². The summed E-state index contributed by atoms with van der Waals surface area (Å²) in [6.07, 6.45) is -1.04. The van der Waals surface area contributed by atoms with Crippen LogP contribution in [0.15, 0.2) is 54.9 Å². The third-order valence-electron chi connectivity index (χ3n) is 3.67. The molecule has 0 amide bonds. The molecule has 3 rings (SSSR count). The van der Waals surface area contributed by atoms with Gasteiger partial charge in [0.15, 0.2) is 0 Å². The highest BCUT2D eigenvalue weighted by Gasteiger charge is 2.29. The van der Waals surface area contributed by atoms with Crippen LogP contribution >= 0.6 is 0 Å². The number of hydrogen-bond donors (Lipinski definition) is 2. The number of aromatic nitrogens is 3. The second-order valence-electron chi connectivity index (χ2n) is 7.27. The van der Waals surface area contributed by atoms with Crippen molar-refractivity contribution >= 4 is 17.5 Å². The summed E-state index contributed by atoms with van der Waals surface area (Å²) in [4.78, 5) is 13.0. The molecular formula is C20H20F3N5. The Kier molecular flexibility index (Phi) is 5.22. The maximum atomic E-state index is 12.7. The van der Waals surface area contributed by atoms with E-state index in [2.05, 4.69) is 25.6 Å². The lowest BCUT2D eigenvalue weighted by Crippen LogP contribution is -2.27. The summed E-state index contributed by atoms with van der Waals surface area (Å²) >= 11 is 0. The molecule has 28 heavy (non-hydrogen) atoms. The molecule has 0 aliphatic carbocycles. The zero-order valence-corrected chi connectivity index (χ0v) is 15.7. The van der Waals surface area contributed by atoms with Gasteiger partial charge in [0.25, 0.3) is 0 Å². The van der Waals surface area contributed by atoms with E-state index in [-0.39, 0.29) is 5.54 Å². The maximum absolute atomic E-state index is 12.7. The van der Waals surface area contributed by atoms with Crippen molar-refractivity contribution in [1.29, 1.82) is 0 Å². The molecule has 8 heteroatoms. The van der Waals surface area contributed by atoms with E-state index in [1.807, 2.05) is 32.9 Å². The van der Waals surface area contributed by atoms with Crippen molar-refractivity contribution in [3.8, 4) is 11.3 Å². The number of rotatable bonds is 4. The van der Waals surface area contributed by atoms with Gasteiger partial charge in [-0.25, -0.2) is 4.98 Å². The molecule has 5 nitrogen and oxygen atoms in total. The van der Waals surface area contributed by atoms with Gasteiger partial charge in [-0.3, -0.25) is 4.98 Å². The van der Waals surface area contributed by atoms with Gasteiger partial charge >= 0.3 is 6.18 Å². The van der Waals surface area contributed by atoms with E-state index in [1.165, 1.54) is 12.1 Å². The van der Waals surface area contributed by atoms with Crippen LogP contribution in [0.4, 0.5) is 30.6 Å². The molecule has 0 radical (unpaired) electrons. The summed E-state index contributed by atoms with van der Waals surface area (Å²) in [5.41, 5.74) is 1.05. The van der Waals surface area contributed by atoms with Gasteiger partial charge in [-0.05, 0) is 57.2 Å². The summed E-state index contributed by atoms with van der Waals surface area (Å²) in [5, 5.41) is 6.26. The topological polar surface area (TPSA) is 62.7 Å². The van der Waals surface area contributed by atoms with Crippen LogP contribution in [0.1, 0.15) is 26.3 Å². The van der Waals surface area contributed by atoms with E-state index in [1.54, 1.807) is 18.5 Å². The molecular weight excluding hydrogens is 367 g/mol. The van der Waals surface area contributed by atoms with Gasteiger partial charge in [-0.2, -0.15) is 18.2 Å². The first-order valence-electron chi connectivity index (χ1n) is 8.62. The molecule has 0 unspecified atom stereocenters. The quantitative estimate of drug-likeness (QED) is 0.618. The fourth-order valence-corrected chi connectivity index (χ4v) is 2.46. The Hall–Kier alpha value is -3.16. The zero-order valence-electron chi connectivity index (χ0n) is 15.7. The molecule has 0 saturated heterocycles. The lowest BCUT2D eigenvalue weighted by molar-refractivity contribution is -0.137. The van der Waals surface area contributed by atoms with E-state index in [9.17, 15) is 13.2 Å². The first-order chi connectivity index (χ1) is 13.1. The third-order valence-corrected chi connectivity index (χ3v) is 3.67. The van der Waals surface area contributed by atoms with Crippen molar-refractivity contribution in [1.82, 2.24) is 15.0 Å². The first-order valence-corrected chi connectivity index (χ1v) is 8.62. The fraction of sp³-hybridized carbons (Fsp3) is 0.250. The number of benzene rings is 1. The number of anilines is 3. The highest BCUT2D eigenvalue weighted by Crippen LogP contribution is 2.31. The fourth-order valence-electron chi connectivity index (χ4n) is 2.46. The van der Waals surface area contributed by atoms with Crippen LogP contribution < -0.4 is 10.6 Å². The van der Waals surface area contributed by atoms with Gasteiger partial charge < -0.3 is 10.6 Å². The molecule has 0 saturated carbocycles. The Morgan fingerprint density at radius 3 is 2.07 bits per heavy atom. The summed E-state index contributed by atoms with van der Waals surface area (Å²) in [6, 6.07) is 10.2. The van der Waals surface area contributed by atoms with Gasteiger partial charge in [-0.1, -0.05) is 0 Å². The summed E-state index contributed by atoms with van der Waals surface area (Å²) in [5.74, 6) is 0.879. The molecule has 1 aromatic carbocycles. The molecule has 0 spiro atoms.